The van der Waals surface area contributed by atoms with Crippen molar-refractivity contribution in [3.8, 4) is 11.6 Å². The number of pyridine rings is 1. The molecule has 0 bridgehead atoms. The molecular formula is C10H12N4O. The molecular weight excluding hydrogens is 192 g/mol. The van der Waals surface area contributed by atoms with Crippen LogP contribution in [-0.4, -0.2) is 21.2 Å². The van der Waals surface area contributed by atoms with Crippen molar-refractivity contribution in [1.82, 2.24) is 15.1 Å². The number of rotatable bonds is 3. The molecule has 0 fully saturated rings. The first-order valence-electron chi connectivity index (χ1n) is 4.75. The smallest absolute Gasteiger partial charge is 0.276 e. The van der Waals surface area contributed by atoms with Gasteiger partial charge in [-0.25, -0.2) is 0 Å². The molecule has 2 aromatic rings. The van der Waals surface area contributed by atoms with Crippen LogP contribution in [0.2, 0.25) is 0 Å². The van der Waals surface area contributed by atoms with Crippen molar-refractivity contribution in [2.24, 2.45) is 5.73 Å². The Kier molecular flexibility index (Phi) is 2.73. The van der Waals surface area contributed by atoms with Gasteiger partial charge in [-0.2, -0.15) is 4.98 Å². The quantitative estimate of drug-likeness (QED) is 0.807. The third kappa shape index (κ3) is 2.38. The molecule has 5 heteroatoms. The predicted octanol–water partition coefficient (Wildman–Crippen LogP) is 1.02. The van der Waals surface area contributed by atoms with Gasteiger partial charge in [-0.3, -0.25) is 4.98 Å². The number of nitrogens with zero attached hydrogens (tertiary/aromatic N) is 3. The summed E-state index contributed by atoms with van der Waals surface area (Å²) in [7, 11) is 0. The molecule has 2 rings (SSSR count). The summed E-state index contributed by atoms with van der Waals surface area (Å²) in [5, 5.41) is 3.83. The monoisotopic (exact) mass is 204 g/mol. The maximum absolute atomic E-state index is 5.64. The van der Waals surface area contributed by atoms with Gasteiger partial charge in [0.25, 0.3) is 5.89 Å². The second kappa shape index (κ2) is 4.18. The molecule has 0 aliphatic rings. The Morgan fingerprint density at radius 3 is 3.00 bits per heavy atom. The van der Waals surface area contributed by atoms with E-state index in [4.69, 9.17) is 10.3 Å². The average Bonchev–Trinajstić information content (AvgIpc) is 2.67. The fourth-order valence-electron chi connectivity index (χ4n) is 1.22. The molecule has 5 nitrogen and oxygen atoms in total. The molecule has 0 saturated heterocycles. The highest BCUT2D eigenvalue weighted by Crippen LogP contribution is 2.13. The minimum atomic E-state index is 0.0270. The van der Waals surface area contributed by atoms with Crippen LogP contribution in [0.15, 0.2) is 28.9 Å². The van der Waals surface area contributed by atoms with Crippen LogP contribution < -0.4 is 5.73 Å². The van der Waals surface area contributed by atoms with E-state index in [1.165, 1.54) is 0 Å². The zero-order valence-corrected chi connectivity index (χ0v) is 8.42. The van der Waals surface area contributed by atoms with E-state index in [9.17, 15) is 0 Å². The Hall–Kier alpha value is -1.75. The van der Waals surface area contributed by atoms with Crippen LogP contribution in [0, 0.1) is 0 Å². The van der Waals surface area contributed by atoms with Crippen LogP contribution in [0.4, 0.5) is 0 Å². The van der Waals surface area contributed by atoms with Crippen LogP contribution in [0.5, 0.6) is 0 Å². The second-order valence-corrected chi connectivity index (χ2v) is 3.41. The fraction of sp³-hybridized carbons (Fsp3) is 0.300. The molecule has 2 N–H and O–H groups in total. The predicted molar refractivity (Wildman–Crippen MR) is 54.9 cm³/mol. The first kappa shape index (κ1) is 9.79. The van der Waals surface area contributed by atoms with E-state index in [0.29, 0.717) is 23.8 Å². The molecule has 0 spiro atoms. The molecule has 78 valence electrons. The molecule has 0 amide bonds. The Morgan fingerprint density at radius 1 is 1.47 bits per heavy atom. The minimum absolute atomic E-state index is 0.0270. The number of aromatic nitrogens is 3. The molecule has 2 aromatic heterocycles. The molecule has 0 aliphatic carbocycles. The van der Waals surface area contributed by atoms with Crippen LogP contribution in [0.25, 0.3) is 11.6 Å². The zero-order chi connectivity index (χ0) is 10.7. The lowest BCUT2D eigenvalue weighted by Gasteiger charge is -1.96. The van der Waals surface area contributed by atoms with Crippen LogP contribution in [-0.2, 0) is 6.42 Å². The SMILES string of the molecule is CC(N)Cc1noc(-c2ccccn2)n1. The van der Waals surface area contributed by atoms with Gasteiger partial charge >= 0.3 is 0 Å². The largest absolute Gasteiger partial charge is 0.332 e. The highest BCUT2D eigenvalue weighted by Gasteiger charge is 2.10. The van der Waals surface area contributed by atoms with Gasteiger partial charge in [0.2, 0.25) is 0 Å². The summed E-state index contributed by atoms with van der Waals surface area (Å²) < 4.78 is 5.07. The Morgan fingerprint density at radius 2 is 2.33 bits per heavy atom. The van der Waals surface area contributed by atoms with E-state index in [0.717, 1.165) is 0 Å². The summed E-state index contributed by atoms with van der Waals surface area (Å²) in [6.07, 6.45) is 2.29. The zero-order valence-electron chi connectivity index (χ0n) is 8.42. The summed E-state index contributed by atoms with van der Waals surface area (Å²) in [4.78, 5) is 8.31. The van der Waals surface area contributed by atoms with Crippen LogP contribution in [0.1, 0.15) is 12.7 Å². The average molecular weight is 204 g/mol. The van der Waals surface area contributed by atoms with Crippen molar-refractivity contribution in [3.05, 3.63) is 30.2 Å². The standard InChI is InChI=1S/C10H12N4O/c1-7(11)6-9-13-10(15-14-9)8-4-2-3-5-12-8/h2-5,7H,6,11H2,1H3. The van der Waals surface area contributed by atoms with Crippen molar-refractivity contribution in [3.63, 3.8) is 0 Å². The third-order valence-electron chi connectivity index (χ3n) is 1.86. The molecule has 0 aliphatic heterocycles. The molecule has 0 saturated carbocycles. The lowest BCUT2D eigenvalue weighted by molar-refractivity contribution is 0.419. The molecule has 1 atom stereocenters. The summed E-state index contributed by atoms with van der Waals surface area (Å²) in [6, 6.07) is 5.56. The molecule has 0 aromatic carbocycles. The van der Waals surface area contributed by atoms with E-state index in [1.54, 1.807) is 6.20 Å². The third-order valence-corrected chi connectivity index (χ3v) is 1.86. The highest BCUT2D eigenvalue weighted by atomic mass is 16.5. The number of hydrogen-bond donors (Lipinski definition) is 1. The Labute approximate surface area is 87.3 Å². The van der Waals surface area contributed by atoms with E-state index in [2.05, 4.69) is 15.1 Å². The first-order valence-corrected chi connectivity index (χ1v) is 4.75. The number of nitrogens with two attached hydrogens (primary N) is 1. The number of hydrogen-bond acceptors (Lipinski definition) is 5. The summed E-state index contributed by atoms with van der Waals surface area (Å²) >= 11 is 0. The van der Waals surface area contributed by atoms with Gasteiger partial charge in [0.15, 0.2) is 5.82 Å². The fourth-order valence-corrected chi connectivity index (χ4v) is 1.22. The van der Waals surface area contributed by atoms with Crippen molar-refractivity contribution in [2.75, 3.05) is 0 Å². The van der Waals surface area contributed by atoms with Crippen LogP contribution >= 0.6 is 0 Å². The van der Waals surface area contributed by atoms with Crippen molar-refractivity contribution in [2.45, 2.75) is 19.4 Å². The maximum atomic E-state index is 5.64. The first-order chi connectivity index (χ1) is 7.25. The van der Waals surface area contributed by atoms with E-state index in [1.807, 2.05) is 25.1 Å². The van der Waals surface area contributed by atoms with E-state index in [-0.39, 0.29) is 6.04 Å². The molecule has 15 heavy (non-hydrogen) atoms. The lowest BCUT2D eigenvalue weighted by Crippen LogP contribution is -2.18. The van der Waals surface area contributed by atoms with Gasteiger partial charge < -0.3 is 10.3 Å². The summed E-state index contributed by atoms with van der Waals surface area (Å²) in [5.41, 5.74) is 6.32. The summed E-state index contributed by atoms with van der Waals surface area (Å²) in [6.45, 7) is 1.90. The van der Waals surface area contributed by atoms with Gasteiger partial charge in [-0.1, -0.05) is 11.2 Å². The normalized spacial score (nSPS) is 12.7. The maximum Gasteiger partial charge on any atom is 0.276 e. The minimum Gasteiger partial charge on any atom is -0.332 e. The topological polar surface area (TPSA) is 77.8 Å². The van der Waals surface area contributed by atoms with Gasteiger partial charge in [0.05, 0.1) is 0 Å². The van der Waals surface area contributed by atoms with E-state index >= 15 is 0 Å². The molecule has 0 radical (unpaired) electrons. The van der Waals surface area contributed by atoms with E-state index < -0.39 is 0 Å². The van der Waals surface area contributed by atoms with Gasteiger partial charge in [-0.15, -0.1) is 0 Å². The lowest BCUT2D eigenvalue weighted by atomic mass is 10.2. The van der Waals surface area contributed by atoms with Gasteiger partial charge in [0, 0.05) is 18.7 Å². The molecule has 1 unspecified atom stereocenters. The molecule has 2 heterocycles. The highest BCUT2D eigenvalue weighted by molar-refractivity contribution is 5.45. The summed E-state index contributed by atoms with van der Waals surface area (Å²) in [5.74, 6) is 1.05. The van der Waals surface area contributed by atoms with Crippen molar-refractivity contribution >= 4 is 0 Å². The van der Waals surface area contributed by atoms with Gasteiger partial charge in [-0.05, 0) is 19.1 Å². The van der Waals surface area contributed by atoms with Gasteiger partial charge in [0.1, 0.15) is 5.69 Å². The van der Waals surface area contributed by atoms with Crippen LogP contribution in [0.3, 0.4) is 0 Å². The van der Waals surface area contributed by atoms with Crippen molar-refractivity contribution in [1.29, 1.82) is 0 Å². The van der Waals surface area contributed by atoms with Crippen molar-refractivity contribution < 1.29 is 4.52 Å². The Bertz CT molecular complexity index is 424. The Balaban J connectivity index is 2.21. The second-order valence-electron chi connectivity index (χ2n) is 3.41.